The highest BCUT2D eigenvalue weighted by molar-refractivity contribution is 5.93. The SMILES string of the molecule is Cn1cccc1C(=O)N1CC2(C[C@H](OCc3cccnc3)CCO2)C1. The van der Waals surface area contributed by atoms with E-state index in [1.807, 2.05) is 53.2 Å². The molecule has 132 valence electrons. The van der Waals surface area contributed by atoms with Gasteiger partial charge in [0.1, 0.15) is 11.3 Å². The van der Waals surface area contributed by atoms with Crippen molar-refractivity contribution in [1.82, 2.24) is 14.5 Å². The van der Waals surface area contributed by atoms with Crippen LogP contribution >= 0.6 is 0 Å². The average molecular weight is 341 g/mol. The standard InChI is InChI=1S/C19H23N3O3/c1-21-8-3-5-17(21)18(23)22-13-19(14-22)10-16(6-9-25-19)24-12-15-4-2-7-20-11-15/h2-5,7-8,11,16H,6,9-10,12-14H2,1H3/t16-/m1/s1. The van der Waals surface area contributed by atoms with Gasteiger partial charge in [0, 0.05) is 38.7 Å². The van der Waals surface area contributed by atoms with Gasteiger partial charge in [-0.3, -0.25) is 9.78 Å². The molecule has 2 fully saturated rings. The van der Waals surface area contributed by atoms with E-state index in [9.17, 15) is 4.79 Å². The van der Waals surface area contributed by atoms with E-state index in [0.29, 0.717) is 26.3 Å². The summed E-state index contributed by atoms with van der Waals surface area (Å²) in [6.07, 6.45) is 7.39. The molecular weight excluding hydrogens is 318 g/mol. The Labute approximate surface area is 147 Å². The monoisotopic (exact) mass is 341 g/mol. The molecule has 1 atom stereocenters. The van der Waals surface area contributed by atoms with E-state index in [-0.39, 0.29) is 17.6 Å². The van der Waals surface area contributed by atoms with Crippen molar-refractivity contribution >= 4 is 5.91 Å². The summed E-state index contributed by atoms with van der Waals surface area (Å²) in [7, 11) is 1.89. The summed E-state index contributed by atoms with van der Waals surface area (Å²) in [6, 6.07) is 7.69. The van der Waals surface area contributed by atoms with Crippen molar-refractivity contribution in [3.8, 4) is 0 Å². The average Bonchev–Trinajstić information content (AvgIpc) is 3.04. The second kappa shape index (κ2) is 6.61. The molecule has 2 aliphatic heterocycles. The number of rotatable bonds is 4. The predicted molar refractivity (Wildman–Crippen MR) is 92.0 cm³/mol. The number of aryl methyl sites for hydroxylation is 1. The Morgan fingerprint density at radius 1 is 1.40 bits per heavy atom. The van der Waals surface area contributed by atoms with E-state index < -0.39 is 0 Å². The summed E-state index contributed by atoms with van der Waals surface area (Å²) >= 11 is 0. The van der Waals surface area contributed by atoms with E-state index in [2.05, 4.69) is 4.98 Å². The number of carbonyl (C=O) groups excluding carboxylic acids is 1. The molecule has 2 aromatic heterocycles. The van der Waals surface area contributed by atoms with Crippen LogP contribution in [-0.2, 0) is 23.1 Å². The molecule has 25 heavy (non-hydrogen) atoms. The number of likely N-dealkylation sites (tertiary alicyclic amines) is 1. The molecule has 0 N–H and O–H groups in total. The van der Waals surface area contributed by atoms with Crippen molar-refractivity contribution in [1.29, 1.82) is 0 Å². The number of pyridine rings is 1. The first-order chi connectivity index (χ1) is 12.2. The van der Waals surface area contributed by atoms with Gasteiger partial charge in [0.05, 0.1) is 25.8 Å². The van der Waals surface area contributed by atoms with Crippen LogP contribution in [0.1, 0.15) is 28.9 Å². The lowest BCUT2D eigenvalue weighted by atomic mass is 9.84. The summed E-state index contributed by atoms with van der Waals surface area (Å²) in [6.45, 7) is 2.54. The van der Waals surface area contributed by atoms with Crippen LogP contribution in [0.3, 0.4) is 0 Å². The van der Waals surface area contributed by atoms with Crippen molar-refractivity contribution < 1.29 is 14.3 Å². The number of nitrogens with zero attached hydrogens (tertiary/aromatic N) is 3. The molecule has 0 unspecified atom stereocenters. The Morgan fingerprint density at radius 3 is 3.00 bits per heavy atom. The summed E-state index contributed by atoms with van der Waals surface area (Å²) in [5.74, 6) is 0.0696. The molecule has 2 aliphatic rings. The fourth-order valence-electron chi connectivity index (χ4n) is 3.68. The van der Waals surface area contributed by atoms with E-state index >= 15 is 0 Å². The first kappa shape index (κ1) is 16.3. The highest BCUT2D eigenvalue weighted by atomic mass is 16.5. The third-order valence-corrected chi connectivity index (χ3v) is 5.06. The maximum Gasteiger partial charge on any atom is 0.270 e. The minimum atomic E-state index is -0.237. The summed E-state index contributed by atoms with van der Waals surface area (Å²) in [5, 5.41) is 0. The van der Waals surface area contributed by atoms with E-state index in [4.69, 9.17) is 9.47 Å². The van der Waals surface area contributed by atoms with Gasteiger partial charge in [0.15, 0.2) is 0 Å². The van der Waals surface area contributed by atoms with Crippen LogP contribution in [0.4, 0.5) is 0 Å². The molecule has 0 aromatic carbocycles. The number of hydrogen-bond donors (Lipinski definition) is 0. The van der Waals surface area contributed by atoms with Crippen molar-refractivity contribution in [2.45, 2.75) is 31.2 Å². The number of carbonyl (C=O) groups is 1. The fraction of sp³-hybridized carbons (Fsp3) is 0.474. The Bertz CT molecular complexity index is 737. The molecule has 0 aliphatic carbocycles. The molecule has 0 saturated carbocycles. The lowest BCUT2D eigenvalue weighted by molar-refractivity contribution is -0.188. The molecule has 4 rings (SSSR count). The van der Waals surface area contributed by atoms with Gasteiger partial charge in [-0.2, -0.15) is 0 Å². The molecule has 6 nitrogen and oxygen atoms in total. The van der Waals surface area contributed by atoms with Crippen LogP contribution in [-0.4, -0.2) is 51.8 Å². The summed E-state index contributed by atoms with van der Waals surface area (Å²) < 4.78 is 13.9. The van der Waals surface area contributed by atoms with Crippen LogP contribution < -0.4 is 0 Å². The van der Waals surface area contributed by atoms with Crippen LogP contribution in [0.25, 0.3) is 0 Å². The van der Waals surface area contributed by atoms with Crippen molar-refractivity contribution in [3.05, 3.63) is 54.1 Å². The largest absolute Gasteiger partial charge is 0.373 e. The van der Waals surface area contributed by atoms with Gasteiger partial charge in [0.25, 0.3) is 5.91 Å². The maximum absolute atomic E-state index is 12.5. The van der Waals surface area contributed by atoms with Crippen molar-refractivity contribution in [2.24, 2.45) is 7.05 Å². The first-order valence-corrected chi connectivity index (χ1v) is 8.70. The number of aromatic nitrogens is 2. The van der Waals surface area contributed by atoms with Gasteiger partial charge < -0.3 is 18.9 Å². The van der Waals surface area contributed by atoms with Gasteiger partial charge in [-0.1, -0.05) is 6.07 Å². The summed E-state index contributed by atoms with van der Waals surface area (Å²) in [5.41, 5.74) is 1.56. The second-order valence-electron chi connectivity index (χ2n) is 6.98. The van der Waals surface area contributed by atoms with Crippen molar-refractivity contribution in [3.63, 3.8) is 0 Å². The molecule has 0 radical (unpaired) electrons. The van der Waals surface area contributed by atoms with Gasteiger partial charge >= 0.3 is 0 Å². The van der Waals surface area contributed by atoms with Crippen LogP contribution in [0, 0.1) is 0 Å². The quantitative estimate of drug-likeness (QED) is 0.854. The third kappa shape index (κ3) is 3.32. The molecule has 1 spiro atoms. The first-order valence-electron chi connectivity index (χ1n) is 8.70. The molecule has 0 bridgehead atoms. The van der Waals surface area contributed by atoms with Gasteiger partial charge in [-0.15, -0.1) is 0 Å². The number of ether oxygens (including phenoxy) is 2. The predicted octanol–water partition coefficient (Wildman–Crippen LogP) is 2.01. The molecule has 2 aromatic rings. The van der Waals surface area contributed by atoms with Gasteiger partial charge in [-0.25, -0.2) is 0 Å². The highest BCUT2D eigenvalue weighted by Crippen LogP contribution is 2.36. The minimum Gasteiger partial charge on any atom is -0.373 e. The molecular formula is C19H23N3O3. The van der Waals surface area contributed by atoms with Crippen molar-refractivity contribution in [2.75, 3.05) is 19.7 Å². The summed E-state index contributed by atoms with van der Waals surface area (Å²) in [4.78, 5) is 18.5. The highest BCUT2D eigenvalue weighted by Gasteiger charge is 2.49. The zero-order chi connectivity index (χ0) is 17.3. The molecule has 6 heteroatoms. The Morgan fingerprint density at radius 2 is 2.28 bits per heavy atom. The zero-order valence-electron chi connectivity index (χ0n) is 14.4. The molecule has 4 heterocycles. The van der Waals surface area contributed by atoms with Crippen LogP contribution in [0.2, 0.25) is 0 Å². The van der Waals surface area contributed by atoms with E-state index in [1.54, 1.807) is 6.20 Å². The third-order valence-electron chi connectivity index (χ3n) is 5.06. The number of amides is 1. The smallest absolute Gasteiger partial charge is 0.270 e. The number of hydrogen-bond acceptors (Lipinski definition) is 4. The topological polar surface area (TPSA) is 56.6 Å². The lowest BCUT2D eigenvalue weighted by Gasteiger charge is -2.52. The van der Waals surface area contributed by atoms with Crippen LogP contribution in [0.15, 0.2) is 42.9 Å². The van der Waals surface area contributed by atoms with Gasteiger partial charge in [-0.05, 0) is 30.2 Å². The Kier molecular flexibility index (Phi) is 4.31. The van der Waals surface area contributed by atoms with Crippen LogP contribution in [0.5, 0.6) is 0 Å². The Balaban J connectivity index is 1.32. The zero-order valence-corrected chi connectivity index (χ0v) is 14.4. The minimum absolute atomic E-state index is 0.0696. The fourth-order valence-corrected chi connectivity index (χ4v) is 3.68. The molecule has 2 saturated heterocycles. The Hall–Kier alpha value is -2.18. The van der Waals surface area contributed by atoms with Gasteiger partial charge in [0.2, 0.25) is 0 Å². The van der Waals surface area contributed by atoms with E-state index in [0.717, 1.165) is 24.1 Å². The van der Waals surface area contributed by atoms with E-state index in [1.165, 1.54) is 0 Å². The lowest BCUT2D eigenvalue weighted by Crippen LogP contribution is -2.67. The maximum atomic E-state index is 12.5. The normalized spacial score (nSPS) is 22.0. The second-order valence-corrected chi connectivity index (χ2v) is 6.98. The molecule has 1 amide bonds.